The van der Waals surface area contributed by atoms with Gasteiger partial charge in [-0.3, -0.25) is 4.90 Å². The van der Waals surface area contributed by atoms with Gasteiger partial charge in [0.05, 0.1) is 5.54 Å². The molecule has 0 spiro atoms. The third-order valence-corrected chi connectivity index (χ3v) is 4.04. The Morgan fingerprint density at radius 1 is 1.41 bits per heavy atom. The number of hydrogen-bond donors (Lipinski definition) is 1. The van der Waals surface area contributed by atoms with Gasteiger partial charge in [0, 0.05) is 12.1 Å². The number of halogens is 1. The van der Waals surface area contributed by atoms with Gasteiger partial charge in [0.25, 0.3) is 0 Å². The molecule has 4 nitrogen and oxygen atoms in total. The van der Waals surface area contributed by atoms with Gasteiger partial charge in [0.1, 0.15) is 11.4 Å². The van der Waals surface area contributed by atoms with Gasteiger partial charge in [-0.15, -0.1) is 0 Å². The van der Waals surface area contributed by atoms with E-state index in [9.17, 15) is 9.18 Å². The van der Waals surface area contributed by atoms with E-state index in [1.54, 1.807) is 23.1 Å². The molecule has 122 valence electrons. The second-order valence-electron chi connectivity index (χ2n) is 6.79. The molecule has 5 heteroatoms. The molecule has 0 aliphatic carbocycles. The van der Waals surface area contributed by atoms with Gasteiger partial charge < -0.3 is 10.5 Å². The highest BCUT2D eigenvalue weighted by molar-refractivity contribution is 5.70. The summed E-state index contributed by atoms with van der Waals surface area (Å²) >= 11 is 0. The lowest BCUT2D eigenvalue weighted by molar-refractivity contribution is 0.00501. The molecule has 1 aromatic carbocycles. The number of carbonyl (C=O) groups is 1. The van der Waals surface area contributed by atoms with Crippen LogP contribution in [-0.2, 0) is 10.3 Å². The number of ether oxygens (including phenoxy) is 1. The van der Waals surface area contributed by atoms with Crippen LogP contribution in [0, 0.1) is 5.82 Å². The number of carbonyl (C=O) groups excluding carboxylic acids is 1. The van der Waals surface area contributed by atoms with E-state index >= 15 is 0 Å². The second kappa shape index (κ2) is 6.24. The highest BCUT2D eigenvalue weighted by Gasteiger charge is 2.47. The lowest BCUT2D eigenvalue weighted by Crippen LogP contribution is -2.48. The van der Waals surface area contributed by atoms with E-state index in [0.29, 0.717) is 31.5 Å². The van der Waals surface area contributed by atoms with Gasteiger partial charge in [-0.05, 0) is 52.6 Å². The molecule has 0 radical (unpaired) electrons. The Morgan fingerprint density at radius 2 is 2.09 bits per heavy atom. The minimum absolute atomic E-state index is 0.300. The van der Waals surface area contributed by atoms with Crippen molar-refractivity contribution < 1.29 is 13.9 Å². The average molecular weight is 308 g/mol. The molecule has 1 aliphatic heterocycles. The Morgan fingerprint density at radius 3 is 2.68 bits per heavy atom. The van der Waals surface area contributed by atoms with Crippen molar-refractivity contribution in [1.29, 1.82) is 0 Å². The Kier molecular flexibility index (Phi) is 4.75. The average Bonchev–Trinajstić information content (AvgIpc) is 2.82. The molecular formula is C17H25FN2O2. The minimum atomic E-state index is -0.706. The van der Waals surface area contributed by atoms with Crippen LogP contribution in [0.2, 0.25) is 0 Å². The maximum Gasteiger partial charge on any atom is 0.411 e. The Bertz CT molecular complexity index is 542. The first-order valence-corrected chi connectivity index (χ1v) is 7.76. The van der Waals surface area contributed by atoms with E-state index in [1.165, 1.54) is 6.07 Å². The molecule has 1 atom stereocenters. The van der Waals surface area contributed by atoms with Crippen molar-refractivity contribution in [2.45, 2.75) is 51.2 Å². The van der Waals surface area contributed by atoms with Crippen molar-refractivity contribution in [1.82, 2.24) is 4.90 Å². The Labute approximate surface area is 131 Å². The summed E-state index contributed by atoms with van der Waals surface area (Å²) < 4.78 is 19.9. The first-order chi connectivity index (χ1) is 10.3. The van der Waals surface area contributed by atoms with Crippen LogP contribution in [0.3, 0.4) is 0 Å². The standard InChI is InChI=1S/C17H25FN2O2/c1-16(2,3)22-15(21)20-12-6-9-17(20,10-11-19)13-7-4-5-8-14(13)18/h4-5,7-8H,6,9-12,19H2,1-3H3. The van der Waals surface area contributed by atoms with E-state index in [-0.39, 0.29) is 5.82 Å². The predicted octanol–water partition coefficient (Wildman–Crippen LogP) is 3.40. The summed E-state index contributed by atoms with van der Waals surface area (Å²) in [7, 11) is 0. The number of hydrogen-bond acceptors (Lipinski definition) is 3. The van der Waals surface area contributed by atoms with Crippen molar-refractivity contribution >= 4 is 6.09 Å². The van der Waals surface area contributed by atoms with Crippen LogP contribution in [0.15, 0.2) is 24.3 Å². The molecule has 22 heavy (non-hydrogen) atoms. The molecule has 0 saturated carbocycles. The number of nitrogens with two attached hydrogens (primary N) is 1. The molecule has 2 rings (SSSR count). The van der Waals surface area contributed by atoms with Crippen molar-refractivity contribution in [3.63, 3.8) is 0 Å². The van der Waals surface area contributed by atoms with Crippen LogP contribution in [0.25, 0.3) is 0 Å². The molecule has 1 aromatic rings. The zero-order valence-corrected chi connectivity index (χ0v) is 13.6. The molecule has 1 saturated heterocycles. The summed E-state index contributed by atoms with van der Waals surface area (Å²) in [6, 6.07) is 6.62. The normalized spacial score (nSPS) is 22.0. The van der Waals surface area contributed by atoms with Crippen LogP contribution in [0.1, 0.15) is 45.6 Å². The minimum Gasteiger partial charge on any atom is -0.444 e. The SMILES string of the molecule is CC(C)(C)OC(=O)N1CCCC1(CCN)c1ccccc1F. The third-order valence-electron chi connectivity index (χ3n) is 4.04. The fourth-order valence-electron chi connectivity index (χ4n) is 3.21. The van der Waals surface area contributed by atoms with Gasteiger partial charge in [-0.2, -0.15) is 0 Å². The fourth-order valence-corrected chi connectivity index (χ4v) is 3.21. The molecule has 2 N–H and O–H groups in total. The summed E-state index contributed by atoms with van der Waals surface area (Å²) in [4.78, 5) is 14.2. The topological polar surface area (TPSA) is 55.6 Å². The number of rotatable bonds is 3. The molecule has 1 heterocycles. The Hall–Kier alpha value is -1.62. The van der Waals surface area contributed by atoms with Crippen molar-refractivity contribution in [3.8, 4) is 0 Å². The monoisotopic (exact) mass is 308 g/mol. The van der Waals surface area contributed by atoms with Crippen LogP contribution < -0.4 is 5.73 Å². The lowest BCUT2D eigenvalue weighted by Gasteiger charge is -2.39. The van der Waals surface area contributed by atoms with Crippen LogP contribution in [0.4, 0.5) is 9.18 Å². The van der Waals surface area contributed by atoms with Crippen molar-refractivity contribution in [2.75, 3.05) is 13.1 Å². The van der Waals surface area contributed by atoms with E-state index < -0.39 is 17.2 Å². The quantitative estimate of drug-likeness (QED) is 0.931. The highest BCUT2D eigenvalue weighted by atomic mass is 19.1. The molecule has 1 unspecified atom stereocenters. The van der Waals surface area contributed by atoms with Gasteiger partial charge in [0.2, 0.25) is 0 Å². The fraction of sp³-hybridized carbons (Fsp3) is 0.588. The van der Waals surface area contributed by atoms with Gasteiger partial charge >= 0.3 is 6.09 Å². The van der Waals surface area contributed by atoms with Gasteiger partial charge in [-0.25, -0.2) is 9.18 Å². The molecule has 0 bridgehead atoms. The van der Waals surface area contributed by atoms with E-state index in [1.807, 2.05) is 20.8 Å². The van der Waals surface area contributed by atoms with E-state index in [0.717, 1.165) is 6.42 Å². The van der Waals surface area contributed by atoms with Gasteiger partial charge in [0.15, 0.2) is 0 Å². The summed E-state index contributed by atoms with van der Waals surface area (Å²) in [6.45, 7) is 6.43. The van der Waals surface area contributed by atoms with Crippen LogP contribution >= 0.6 is 0 Å². The van der Waals surface area contributed by atoms with Crippen LogP contribution in [-0.4, -0.2) is 29.7 Å². The van der Waals surface area contributed by atoms with E-state index in [2.05, 4.69) is 0 Å². The highest BCUT2D eigenvalue weighted by Crippen LogP contribution is 2.43. The number of amides is 1. The first-order valence-electron chi connectivity index (χ1n) is 7.76. The molecule has 1 fully saturated rings. The lowest BCUT2D eigenvalue weighted by atomic mass is 9.83. The largest absolute Gasteiger partial charge is 0.444 e. The van der Waals surface area contributed by atoms with Crippen LogP contribution in [0.5, 0.6) is 0 Å². The first kappa shape index (κ1) is 16.7. The van der Waals surface area contributed by atoms with Crippen molar-refractivity contribution in [2.24, 2.45) is 5.73 Å². The van der Waals surface area contributed by atoms with E-state index in [4.69, 9.17) is 10.5 Å². The molecule has 1 aliphatic rings. The molecule has 0 aromatic heterocycles. The maximum atomic E-state index is 14.4. The molecular weight excluding hydrogens is 283 g/mol. The number of benzene rings is 1. The number of nitrogens with zero attached hydrogens (tertiary/aromatic N) is 1. The smallest absolute Gasteiger partial charge is 0.411 e. The summed E-state index contributed by atoms with van der Waals surface area (Å²) in [5.74, 6) is -0.300. The zero-order valence-electron chi connectivity index (χ0n) is 13.6. The third kappa shape index (κ3) is 3.24. The number of likely N-dealkylation sites (tertiary alicyclic amines) is 1. The van der Waals surface area contributed by atoms with Gasteiger partial charge in [-0.1, -0.05) is 18.2 Å². The van der Waals surface area contributed by atoms with Crippen molar-refractivity contribution in [3.05, 3.63) is 35.6 Å². The maximum absolute atomic E-state index is 14.4. The Balaban J connectivity index is 2.40. The molecule has 1 amide bonds. The summed E-state index contributed by atoms with van der Waals surface area (Å²) in [5.41, 5.74) is 5.01. The zero-order chi connectivity index (χ0) is 16.4. The second-order valence-corrected chi connectivity index (χ2v) is 6.79. The predicted molar refractivity (Wildman–Crippen MR) is 83.9 cm³/mol. The summed E-state index contributed by atoms with van der Waals surface area (Å²) in [5, 5.41) is 0. The summed E-state index contributed by atoms with van der Waals surface area (Å²) in [6.07, 6.45) is 1.63.